The van der Waals surface area contributed by atoms with Crippen molar-refractivity contribution in [2.45, 2.75) is 66.0 Å². The highest BCUT2D eigenvalue weighted by Gasteiger charge is 2.92. The summed E-state index contributed by atoms with van der Waals surface area (Å²) >= 11 is 0. The Morgan fingerprint density at radius 2 is 0.650 bits per heavy atom. The first-order valence-corrected chi connectivity index (χ1v) is 11.3. The van der Waals surface area contributed by atoms with Crippen LogP contribution in [0.25, 0.3) is 0 Å². The molecule has 0 aromatic rings. The van der Waals surface area contributed by atoms with Crippen LogP contribution in [-0.4, -0.2) is 95.4 Å². The van der Waals surface area contributed by atoms with Gasteiger partial charge in [-0.25, -0.2) is 0 Å². The van der Waals surface area contributed by atoms with E-state index in [1.165, 1.54) is 0 Å². The van der Waals surface area contributed by atoms with Crippen LogP contribution >= 0.6 is 0 Å². The molecule has 1 unspecified atom stereocenters. The van der Waals surface area contributed by atoms with E-state index in [2.05, 4.69) is 0 Å². The van der Waals surface area contributed by atoms with Crippen LogP contribution in [-0.2, 0) is 20.2 Å². The number of hydrogen-bond acceptors (Lipinski definition) is 6. The van der Waals surface area contributed by atoms with Crippen LogP contribution in [0.5, 0.6) is 0 Å². The zero-order chi connectivity index (χ0) is 34.0. The summed E-state index contributed by atoms with van der Waals surface area (Å²) in [6.07, 6.45) is -43.8. The van der Waals surface area contributed by atoms with E-state index >= 15 is 0 Å². The largest absolute Gasteiger partial charge is 0.428 e. The van der Waals surface area contributed by atoms with Gasteiger partial charge in [-0.3, -0.25) is 9.11 Å². The van der Waals surface area contributed by atoms with Crippen molar-refractivity contribution in [3.8, 4) is 0 Å². The number of aliphatic hydroxyl groups excluding tert-OH is 2. The monoisotopic (exact) mass is 690 g/mol. The predicted octanol–water partition coefficient (Wildman–Crippen LogP) is 4.35. The van der Waals surface area contributed by atoms with Crippen LogP contribution in [0.2, 0.25) is 0 Å². The zero-order valence-corrected chi connectivity index (χ0v) is 19.7. The predicted molar refractivity (Wildman–Crippen MR) is 88.3 cm³/mol. The van der Waals surface area contributed by atoms with E-state index in [1.54, 1.807) is 6.92 Å². The number of rotatable bonds is 4. The molecule has 8 nitrogen and oxygen atoms in total. The molecular weight excluding hydrogens is 678 g/mol. The summed E-state index contributed by atoms with van der Waals surface area (Å²) in [7, 11) is -15.1. The molecule has 0 aliphatic rings. The minimum Gasteiger partial charge on any atom is -0.396 e. The van der Waals surface area contributed by atoms with Crippen molar-refractivity contribution in [1.82, 2.24) is 0 Å². The summed E-state index contributed by atoms with van der Waals surface area (Å²) in [5.74, 6) is 0. The van der Waals surface area contributed by atoms with Crippen molar-refractivity contribution >= 4 is 20.2 Å². The molecule has 0 saturated heterocycles. The molecule has 0 amide bonds. The van der Waals surface area contributed by atoms with Crippen molar-refractivity contribution in [3.05, 3.63) is 0 Å². The van der Waals surface area contributed by atoms with Gasteiger partial charge in [0.15, 0.2) is 0 Å². The molecule has 0 heterocycles. The molecule has 0 rings (SSSR count). The normalized spacial score (nSPS) is 15.9. The van der Waals surface area contributed by atoms with Crippen LogP contribution in [0, 0.1) is 0 Å². The first-order chi connectivity index (χ1) is 16.8. The first kappa shape index (κ1) is 42.9. The van der Waals surface area contributed by atoms with E-state index in [1.807, 2.05) is 0 Å². The van der Waals surface area contributed by atoms with E-state index in [0.717, 1.165) is 0 Å². The molecule has 0 aromatic heterocycles. The van der Waals surface area contributed by atoms with E-state index in [4.69, 9.17) is 19.3 Å². The fraction of sp³-hybridized carbons (Fsp3) is 1.00. The Bertz CT molecular complexity index is 862. The summed E-state index contributed by atoms with van der Waals surface area (Å²) in [5.41, 5.74) is 0. The molecule has 0 aliphatic carbocycles. The molecule has 4 N–H and O–H groups in total. The Labute approximate surface area is 209 Å². The van der Waals surface area contributed by atoms with Gasteiger partial charge in [0.25, 0.3) is 20.2 Å². The Balaban J connectivity index is -0.000000569. The van der Waals surface area contributed by atoms with E-state index in [9.17, 15) is 95.9 Å². The summed E-state index contributed by atoms with van der Waals surface area (Å²) in [4.78, 5) is 0. The molecule has 0 bridgehead atoms. The zero-order valence-electron chi connectivity index (χ0n) is 18.0. The van der Waals surface area contributed by atoms with Crippen molar-refractivity contribution in [2.24, 2.45) is 0 Å². The Morgan fingerprint density at radius 3 is 0.650 bits per heavy atom. The molecule has 0 spiro atoms. The third-order valence-electron chi connectivity index (χ3n) is 3.72. The molecule has 0 radical (unpaired) electrons. The molecular formula is C12H12F18O8S2. The SMILES string of the molecule is CC(O)CCO.O=S(=O)(O)C(C(F)(F)F)(C(F)(F)F)C(F)(F)F.O=S(=O)(O)C(C(F)(F)F)(C(F)(F)F)C(F)(F)F. The lowest BCUT2D eigenvalue weighted by atomic mass is 10.1. The number of alkyl halides is 18. The highest BCUT2D eigenvalue weighted by Crippen LogP contribution is 2.58. The Kier molecular flexibility index (Phi) is 13.3. The second kappa shape index (κ2) is 12.4. The number of aliphatic hydroxyl groups is 2. The molecule has 0 fully saturated rings. The van der Waals surface area contributed by atoms with Crippen LogP contribution < -0.4 is 0 Å². The second-order valence-electron chi connectivity index (χ2n) is 6.66. The molecule has 246 valence electrons. The highest BCUT2D eigenvalue weighted by atomic mass is 32.2. The lowest BCUT2D eigenvalue weighted by molar-refractivity contribution is -0.351. The van der Waals surface area contributed by atoms with Crippen molar-refractivity contribution in [3.63, 3.8) is 0 Å². The number of halogens is 18. The lowest BCUT2D eigenvalue weighted by Crippen LogP contribution is -2.70. The summed E-state index contributed by atoms with van der Waals surface area (Å²) in [6, 6.07) is 0. The maximum atomic E-state index is 11.9. The third kappa shape index (κ3) is 8.51. The highest BCUT2D eigenvalue weighted by molar-refractivity contribution is 7.87. The van der Waals surface area contributed by atoms with E-state index in [0.29, 0.717) is 6.42 Å². The molecule has 0 aromatic carbocycles. The van der Waals surface area contributed by atoms with Gasteiger partial charge < -0.3 is 10.2 Å². The summed E-state index contributed by atoms with van der Waals surface area (Å²) in [6.45, 7) is 1.73. The Morgan fingerprint density at radius 1 is 0.500 bits per heavy atom. The van der Waals surface area contributed by atoms with Crippen LogP contribution in [0.4, 0.5) is 79.0 Å². The minimum absolute atomic E-state index is 0.0810. The first-order valence-electron chi connectivity index (χ1n) is 8.40. The van der Waals surface area contributed by atoms with Gasteiger partial charge >= 0.3 is 46.6 Å². The van der Waals surface area contributed by atoms with Gasteiger partial charge in [0, 0.05) is 6.61 Å². The van der Waals surface area contributed by atoms with Crippen LogP contribution in [0.1, 0.15) is 13.3 Å². The topological polar surface area (TPSA) is 149 Å². The lowest BCUT2D eigenvalue weighted by Gasteiger charge is -2.35. The van der Waals surface area contributed by atoms with Gasteiger partial charge in [-0.05, 0) is 13.3 Å². The van der Waals surface area contributed by atoms with Crippen LogP contribution in [0.15, 0.2) is 0 Å². The smallest absolute Gasteiger partial charge is 0.396 e. The average Bonchev–Trinajstić information content (AvgIpc) is 2.43. The van der Waals surface area contributed by atoms with Gasteiger partial charge in [-0.15, -0.1) is 0 Å². The molecule has 40 heavy (non-hydrogen) atoms. The second-order valence-corrected chi connectivity index (χ2v) is 9.79. The minimum atomic E-state index is -7.57. The van der Waals surface area contributed by atoms with Crippen molar-refractivity contribution in [1.29, 1.82) is 0 Å². The maximum absolute atomic E-state index is 11.9. The maximum Gasteiger partial charge on any atom is 0.428 e. The van der Waals surface area contributed by atoms with E-state index in [-0.39, 0.29) is 12.7 Å². The van der Waals surface area contributed by atoms with Gasteiger partial charge in [-0.1, -0.05) is 0 Å². The van der Waals surface area contributed by atoms with Crippen molar-refractivity contribution in [2.75, 3.05) is 6.61 Å². The quantitative estimate of drug-likeness (QED) is 0.252. The van der Waals surface area contributed by atoms with Crippen molar-refractivity contribution < 1.29 is 115 Å². The van der Waals surface area contributed by atoms with Gasteiger partial charge in [0.1, 0.15) is 0 Å². The number of hydrogen-bond donors (Lipinski definition) is 4. The fourth-order valence-electron chi connectivity index (χ4n) is 2.03. The summed E-state index contributed by atoms with van der Waals surface area (Å²) in [5, 5.41) is 16.5. The average molecular weight is 690 g/mol. The molecule has 28 heteroatoms. The standard InChI is InChI=1S/2C4HF9O3S.C4H10O2/c2*5-2(6,7)1(3(8,9)10,4(11,12)13)17(14,15)16;1-4(6)2-3-5/h2*(H,14,15,16);4-6H,2-3H2,1H3. The van der Waals surface area contributed by atoms with E-state index < -0.39 is 66.8 Å². The van der Waals surface area contributed by atoms with Gasteiger partial charge in [0.2, 0.25) is 0 Å². The third-order valence-corrected chi connectivity index (χ3v) is 6.65. The van der Waals surface area contributed by atoms with Crippen LogP contribution in [0.3, 0.4) is 0 Å². The fourth-order valence-corrected chi connectivity index (χ4v) is 3.78. The molecule has 1 atom stereocenters. The molecule has 0 aliphatic heterocycles. The van der Waals surface area contributed by atoms with Gasteiger partial charge in [-0.2, -0.15) is 95.9 Å². The molecule has 0 saturated carbocycles. The Hall–Kier alpha value is -1.52. The van der Waals surface area contributed by atoms with Gasteiger partial charge in [0.05, 0.1) is 6.10 Å². The summed E-state index contributed by atoms with van der Waals surface area (Å²) < 4.78 is 255.